The van der Waals surface area contributed by atoms with Crippen LogP contribution in [0, 0.1) is 17.6 Å². The van der Waals surface area contributed by atoms with Crippen LogP contribution in [0.1, 0.15) is 37.1 Å². The number of halogens is 5. The van der Waals surface area contributed by atoms with Crippen LogP contribution in [-0.2, 0) is 14.3 Å². The number of rotatable bonds is 7. The van der Waals surface area contributed by atoms with Crippen molar-refractivity contribution in [2.75, 3.05) is 26.1 Å². The number of nitrogens with one attached hydrogen (secondary N) is 1. The number of nitrogens with zero attached hydrogens (tertiary/aromatic N) is 1. The fourth-order valence-corrected chi connectivity index (χ4v) is 4.21. The number of pyridine rings is 1. The predicted octanol–water partition coefficient (Wildman–Crippen LogP) is 4.13. The van der Waals surface area contributed by atoms with E-state index in [9.17, 15) is 31.9 Å². The van der Waals surface area contributed by atoms with Crippen molar-refractivity contribution in [1.29, 1.82) is 0 Å². The molecule has 12 heteroatoms. The second-order valence-electron chi connectivity index (χ2n) is 8.37. The number of amides is 1. The number of hydrogen-bond acceptors (Lipinski definition) is 6. The van der Waals surface area contributed by atoms with Crippen LogP contribution in [0.3, 0.4) is 0 Å². The summed E-state index contributed by atoms with van der Waals surface area (Å²) in [4.78, 5) is 17.2. The van der Waals surface area contributed by atoms with E-state index in [4.69, 9.17) is 14.2 Å². The minimum absolute atomic E-state index is 0.0738. The maximum Gasteiger partial charge on any atom is 0.417 e. The molecule has 35 heavy (non-hydrogen) atoms. The number of alkyl halides is 3. The Balaban J connectivity index is 2.02. The van der Waals surface area contributed by atoms with Crippen LogP contribution in [0.2, 0.25) is 0 Å². The van der Waals surface area contributed by atoms with Crippen molar-refractivity contribution in [1.82, 2.24) is 4.98 Å². The Morgan fingerprint density at radius 1 is 1.29 bits per heavy atom. The summed E-state index contributed by atoms with van der Waals surface area (Å²) >= 11 is 0. The van der Waals surface area contributed by atoms with Crippen LogP contribution in [0.25, 0.3) is 0 Å². The molecule has 1 aromatic carbocycles. The van der Waals surface area contributed by atoms with Crippen molar-refractivity contribution in [2.45, 2.75) is 43.8 Å². The third-order valence-corrected chi connectivity index (χ3v) is 6.29. The zero-order chi connectivity index (χ0) is 26.1. The van der Waals surface area contributed by atoms with E-state index in [1.54, 1.807) is 0 Å². The summed E-state index contributed by atoms with van der Waals surface area (Å²) in [5.74, 6) is -6.93. The standard InChI is InChI=1S/C23H25F5N2O5/c1-11-17(13-5-6-14(24)18(25)19(13)34-4)20(35-22(11,2)23(26,27)28)21(32)30-12-7-8-29-15(9-12)16(31)10-33-3/h5-9,11,16-17,20,31H,10H2,1-4H3,(H,29,30,32)/t11-,16+,17-,20+,22+/m0/s1. The number of hydrogen-bond donors (Lipinski definition) is 2. The SMILES string of the molecule is COC[C@@H](O)c1cc(NC(=O)[C@@H]2O[C@@](C)(C(F)(F)F)[C@@H](C)[C@H]2c2ccc(F)c(F)c2OC)ccn1. The zero-order valence-electron chi connectivity index (χ0n) is 19.3. The van der Waals surface area contributed by atoms with Gasteiger partial charge in [0, 0.05) is 36.4 Å². The topological polar surface area (TPSA) is 89.9 Å². The zero-order valence-corrected chi connectivity index (χ0v) is 19.3. The Labute approximate surface area is 198 Å². The molecule has 1 saturated heterocycles. The van der Waals surface area contributed by atoms with E-state index in [1.807, 2.05) is 0 Å². The molecule has 1 amide bonds. The van der Waals surface area contributed by atoms with Gasteiger partial charge in [-0.15, -0.1) is 0 Å². The van der Waals surface area contributed by atoms with Crippen LogP contribution in [-0.4, -0.2) is 54.7 Å². The third-order valence-electron chi connectivity index (χ3n) is 6.29. The van der Waals surface area contributed by atoms with Gasteiger partial charge in [0.1, 0.15) is 12.2 Å². The molecule has 3 rings (SSSR count). The van der Waals surface area contributed by atoms with Crippen molar-refractivity contribution in [3.8, 4) is 5.75 Å². The van der Waals surface area contributed by atoms with Crippen LogP contribution < -0.4 is 10.1 Å². The predicted molar refractivity (Wildman–Crippen MR) is 114 cm³/mol. The van der Waals surface area contributed by atoms with Gasteiger partial charge < -0.3 is 24.6 Å². The normalized spacial score (nSPS) is 25.4. The molecule has 0 bridgehead atoms. The smallest absolute Gasteiger partial charge is 0.417 e. The highest BCUT2D eigenvalue weighted by molar-refractivity contribution is 5.95. The van der Waals surface area contributed by atoms with E-state index in [-0.39, 0.29) is 23.6 Å². The molecule has 0 saturated carbocycles. The number of aliphatic hydroxyl groups is 1. The Morgan fingerprint density at radius 3 is 2.57 bits per heavy atom. The lowest BCUT2D eigenvalue weighted by molar-refractivity contribution is -0.272. The first-order valence-electron chi connectivity index (χ1n) is 10.6. The highest BCUT2D eigenvalue weighted by Gasteiger charge is 2.65. The first-order valence-corrected chi connectivity index (χ1v) is 10.6. The molecule has 2 heterocycles. The number of methoxy groups -OCH3 is 2. The summed E-state index contributed by atoms with van der Waals surface area (Å²) in [6, 6.07) is 4.53. The number of aromatic nitrogens is 1. The van der Waals surface area contributed by atoms with E-state index in [1.165, 1.54) is 32.4 Å². The molecular formula is C23H25F5N2O5. The largest absolute Gasteiger partial charge is 0.493 e. The van der Waals surface area contributed by atoms with Gasteiger partial charge in [-0.2, -0.15) is 17.6 Å². The average molecular weight is 504 g/mol. The van der Waals surface area contributed by atoms with E-state index < -0.39 is 59.1 Å². The summed E-state index contributed by atoms with van der Waals surface area (Å²) in [5, 5.41) is 12.5. The van der Waals surface area contributed by atoms with Crippen LogP contribution in [0.15, 0.2) is 30.5 Å². The molecule has 1 fully saturated rings. The van der Waals surface area contributed by atoms with Gasteiger partial charge in [-0.05, 0) is 25.1 Å². The fourth-order valence-electron chi connectivity index (χ4n) is 4.21. The number of carbonyl (C=O) groups is 1. The number of carbonyl (C=O) groups excluding carboxylic acids is 1. The summed E-state index contributed by atoms with van der Waals surface area (Å²) in [7, 11) is 2.42. The molecule has 192 valence electrons. The average Bonchev–Trinajstić information content (AvgIpc) is 3.08. The van der Waals surface area contributed by atoms with Gasteiger partial charge in [-0.1, -0.05) is 13.0 Å². The summed E-state index contributed by atoms with van der Waals surface area (Å²) in [6.07, 6.45) is -6.43. The number of anilines is 1. The van der Waals surface area contributed by atoms with Crippen molar-refractivity contribution in [2.24, 2.45) is 5.92 Å². The van der Waals surface area contributed by atoms with Crippen LogP contribution >= 0.6 is 0 Å². The van der Waals surface area contributed by atoms with Gasteiger partial charge in [0.05, 0.1) is 19.4 Å². The Morgan fingerprint density at radius 2 is 1.97 bits per heavy atom. The molecule has 0 spiro atoms. The van der Waals surface area contributed by atoms with Gasteiger partial charge in [0.2, 0.25) is 5.82 Å². The lowest BCUT2D eigenvalue weighted by Gasteiger charge is -2.32. The fraction of sp³-hybridized carbons (Fsp3) is 0.478. The van der Waals surface area contributed by atoms with Gasteiger partial charge in [-0.25, -0.2) is 4.39 Å². The van der Waals surface area contributed by atoms with E-state index >= 15 is 0 Å². The van der Waals surface area contributed by atoms with E-state index in [0.717, 1.165) is 26.2 Å². The minimum atomic E-state index is -4.88. The highest BCUT2D eigenvalue weighted by atomic mass is 19.4. The molecule has 0 unspecified atom stereocenters. The summed E-state index contributed by atoms with van der Waals surface area (Å²) < 4.78 is 85.4. The maximum atomic E-state index is 14.4. The van der Waals surface area contributed by atoms with Gasteiger partial charge in [0.25, 0.3) is 5.91 Å². The van der Waals surface area contributed by atoms with E-state index in [2.05, 4.69) is 10.3 Å². The second-order valence-corrected chi connectivity index (χ2v) is 8.37. The van der Waals surface area contributed by atoms with Crippen molar-refractivity contribution in [3.63, 3.8) is 0 Å². The first kappa shape index (κ1) is 26.8. The molecule has 0 radical (unpaired) electrons. The lowest BCUT2D eigenvalue weighted by Crippen LogP contribution is -2.47. The molecule has 1 aliphatic heterocycles. The Kier molecular flexibility index (Phi) is 7.68. The summed E-state index contributed by atoms with van der Waals surface area (Å²) in [5.41, 5.74) is -2.63. The van der Waals surface area contributed by atoms with Gasteiger partial charge in [0.15, 0.2) is 17.2 Å². The molecule has 0 aliphatic carbocycles. The number of aliphatic hydroxyl groups excluding tert-OH is 1. The molecule has 7 nitrogen and oxygen atoms in total. The molecule has 2 N–H and O–H groups in total. The first-order chi connectivity index (χ1) is 16.4. The number of ether oxygens (including phenoxy) is 3. The van der Waals surface area contributed by atoms with Crippen molar-refractivity contribution < 1.29 is 46.1 Å². The quantitative estimate of drug-likeness (QED) is 0.552. The minimum Gasteiger partial charge on any atom is -0.493 e. The molecular weight excluding hydrogens is 479 g/mol. The molecule has 5 atom stereocenters. The second kappa shape index (κ2) is 10.0. The maximum absolute atomic E-state index is 14.4. The molecule has 2 aromatic rings. The van der Waals surface area contributed by atoms with Crippen molar-refractivity contribution >= 4 is 11.6 Å². The highest BCUT2D eigenvalue weighted by Crippen LogP contribution is 2.55. The number of benzene rings is 1. The van der Waals surface area contributed by atoms with Gasteiger partial charge >= 0.3 is 6.18 Å². The van der Waals surface area contributed by atoms with Crippen LogP contribution in [0.5, 0.6) is 5.75 Å². The van der Waals surface area contributed by atoms with E-state index in [0.29, 0.717) is 0 Å². The molecule has 1 aliphatic rings. The molecule has 1 aromatic heterocycles. The Hall–Kier alpha value is -2.83. The van der Waals surface area contributed by atoms with Crippen molar-refractivity contribution in [3.05, 3.63) is 53.4 Å². The van der Waals surface area contributed by atoms with Gasteiger partial charge in [-0.3, -0.25) is 9.78 Å². The monoisotopic (exact) mass is 504 g/mol. The Bertz CT molecular complexity index is 1080. The lowest BCUT2D eigenvalue weighted by atomic mass is 9.77. The van der Waals surface area contributed by atoms with Crippen LogP contribution in [0.4, 0.5) is 27.6 Å². The third kappa shape index (κ3) is 4.95. The summed E-state index contributed by atoms with van der Waals surface area (Å²) in [6.45, 7) is 1.95.